The maximum absolute atomic E-state index is 5.35. The highest BCUT2D eigenvalue weighted by atomic mass is 16.5. The molecule has 1 fully saturated rings. The highest BCUT2D eigenvalue weighted by Crippen LogP contribution is 2.18. The van der Waals surface area contributed by atoms with E-state index in [0.717, 1.165) is 31.0 Å². The van der Waals surface area contributed by atoms with Gasteiger partial charge in [0.25, 0.3) is 5.89 Å². The van der Waals surface area contributed by atoms with Crippen LogP contribution in [0.2, 0.25) is 0 Å². The fourth-order valence-electron chi connectivity index (χ4n) is 2.50. The maximum atomic E-state index is 5.35. The molecule has 2 aromatic rings. The molecular weight excluding hydrogens is 252 g/mol. The normalized spacial score (nSPS) is 18.9. The number of aromatic nitrogens is 2. The molecule has 0 amide bonds. The molecule has 5 heteroatoms. The van der Waals surface area contributed by atoms with Crippen LogP contribution in [0.4, 0.5) is 0 Å². The fourth-order valence-corrected chi connectivity index (χ4v) is 2.50. The highest BCUT2D eigenvalue weighted by molar-refractivity contribution is 5.53. The number of nitrogens with one attached hydrogen (secondary N) is 1. The first-order valence-electron chi connectivity index (χ1n) is 7.03. The van der Waals surface area contributed by atoms with Gasteiger partial charge in [0.05, 0.1) is 6.54 Å². The molecule has 0 aliphatic carbocycles. The number of aryl methyl sites for hydroxylation is 1. The molecule has 20 heavy (non-hydrogen) atoms. The molecule has 2 heterocycles. The van der Waals surface area contributed by atoms with Crippen LogP contribution in [0, 0.1) is 6.92 Å². The van der Waals surface area contributed by atoms with Gasteiger partial charge in [-0.25, -0.2) is 0 Å². The number of benzene rings is 1. The van der Waals surface area contributed by atoms with Crippen molar-refractivity contribution in [1.29, 1.82) is 0 Å². The summed E-state index contributed by atoms with van der Waals surface area (Å²) in [6, 6.07) is 8.69. The Kier molecular flexibility index (Phi) is 3.80. The van der Waals surface area contributed by atoms with E-state index in [2.05, 4.69) is 46.5 Å². The number of nitrogens with zero attached hydrogens (tertiary/aromatic N) is 3. The van der Waals surface area contributed by atoms with Gasteiger partial charge in [0.1, 0.15) is 0 Å². The molecule has 0 bridgehead atoms. The lowest BCUT2D eigenvalue weighted by Crippen LogP contribution is -2.33. The Morgan fingerprint density at radius 3 is 2.85 bits per heavy atom. The standard InChI is InChI=1S/C15H20N4O/c1-11-3-5-12(6-4-11)15-17-14(18-20-15)10-19(2)13-7-8-16-9-13/h3-6,13,16H,7-10H2,1-2H3. The minimum Gasteiger partial charge on any atom is -0.334 e. The van der Waals surface area contributed by atoms with E-state index in [1.54, 1.807) is 0 Å². The predicted molar refractivity (Wildman–Crippen MR) is 77.2 cm³/mol. The minimum atomic E-state index is 0.566. The van der Waals surface area contributed by atoms with Crippen molar-refractivity contribution in [2.75, 3.05) is 20.1 Å². The monoisotopic (exact) mass is 272 g/mol. The van der Waals surface area contributed by atoms with Crippen molar-refractivity contribution in [1.82, 2.24) is 20.4 Å². The van der Waals surface area contributed by atoms with Gasteiger partial charge in [-0.1, -0.05) is 22.9 Å². The van der Waals surface area contributed by atoms with Crippen molar-refractivity contribution in [3.8, 4) is 11.5 Å². The van der Waals surface area contributed by atoms with Crippen LogP contribution in [0.25, 0.3) is 11.5 Å². The first-order chi connectivity index (χ1) is 9.72. The van der Waals surface area contributed by atoms with Crippen molar-refractivity contribution >= 4 is 0 Å². The summed E-state index contributed by atoms with van der Waals surface area (Å²) in [6.07, 6.45) is 1.18. The summed E-state index contributed by atoms with van der Waals surface area (Å²) in [4.78, 5) is 6.76. The second-order valence-electron chi connectivity index (χ2n) is 5.44. The largest absolute Gasteiger partial charge is 0.334 e. The molecule has 0 spiro atoms. The van der Waals surface area contributed by atoms with Gasteiger partial charge in [-0.3, -0.25) is 4.90 Å². The summed E-state index contributed by atoms with van der Waals surface area (Å²) in [6.45, 7) is 4.92. The molecule has 1 aliphatic rings. The maximum Gasteiger partial charge on any atom is 0.257 e. The molecule has 1 atom stereocenters. The summed E-state index contributed by atoms with van der Waals surface area (Å²) >= 11 is 0. The van der Waals surface area contributed by atoms with Gasteiger partial charge in [-0.05, 0) is 39.1 Å². The fraction of sp³-hybridized carbons (Fsp3) is 0.467. The minimum absolute atomic E-state index is 0.566. The molecule has 1 N–H and O–H groups in total. The number of hydrogen-bond donors (Lipinski definition) is 1. The van der Waals surface area contributed by atoms with Crippen LogP contribution in [-0.4, -0.2) is 41.2 Å². The SMILES string of the molecule is Cc1ccc(-c2nc(CN(C)C3CCNC3)no2)cc1. The summed E-state index contributed by atoms with van der Waals surface area (Å²) < 4.78 is 5.35. The molecule has 1 saturated heterocycles. The zero-order valence-electron chi connectivity index (χ0n) is 12.0. The topological polar surface area (TPSA) is 54.2 Å². The lowest BCUT2D eigenvalue weighted by atomic mass is 10.1. The number of hydrogen-bond acceptors (Lipinski definition) is 5. The van der Waals surface area contributed by atoms with Crippen LogP contribution >= 0.6 is 0 Å². The average molecular weight is 272 g/mol. The van der Waals surface area contributed by atoms with Crippen LogP contribution in [0.15, 0.2) is 28.8 Å². The Bertz CT molecular complexity index is 558. The second-order valence-corrected chi connectivity index (χ2v) is 5.44. The lowest BCUT2D eigenvalue weighted by molar-refractivity contribution is 0.239. The molecule has 0 radical (unpaired) electrons. The third kappa shape index (κ3) is 2.89. The van der Waals surface area contributed by atoms with Crippen LogP contribution in [-0.2, 0) is 6.54 Å². The van der Waals surface area contributed by atoms with Gasteiger partial charge in [0, 0.05) is 18.2 Å². The lowest BCUT2D eigenvalue weighted by Gasteiger charge is -2.21. The zero-order valence-corrected chi connectivity index (χ0v) is 12.0. The van der Waals surface area contributed by atoms with Crippen LogP contribution in [0.1, 0.15) is 17.8 Å². The van der Waals surface area contributed by atoms with Crippen molar-refractivity contribution in [3.63, 3.8) is 0 Å². The zero-order chi connectivity index (χ0) is 13.9. The summed E-state index contributed by atoms with van der Waals surface area (Å²) in [5, 5.41) is 7.45. The third-order valence-corrected chi connectivity index (χ3v) is 3.82. The van der Waals surface area contributed by atoms with Gasteiger partial charge in [-0.15, -0.1) is 0 Å². The Morgan fingerprint density at radius 1 is 1.35 bits per heavy atom. The van der Waals surface area contributed by atoms with Gasteiger partial charge in [-0.2, -0.15) is 4.98 Å². The Hall–Kier alpha value is -1.72. The average Bonchev–Trinajstić information content (AvgIpc) is 3.10. The highest BCUT2D eigenvalue weighted by Gasteiger charge is 2.20. The molecule has 1 aromatic carbocycles. The van der Waals surface area contributed by atoms with Crippen molar-refractivity contribution in [3.05, 3.63) is 35.7 Å². The van der Waals surface area contributed by atoms with E-state index >= 15 is 0 Å². The molecule has 106 valence electrons. The molecule has 1 unspecified atom stereocenters. The van der Waals surface area contributed by atoms with Crippen LogP contribution in [0.5, 0.6) is 0 Å². The molecule has 0 saturated carbocycles. The van der Waals surface area contributed by atoms with E-state index in [0.29, 0.717) is 11.9 Å². The predicted octanol–water partition coefficient (Wildman–Crippen LogP) is 1.84. The van der Waals surface area contributed by atoms with E-state index < -0.39 is 0 Å². The van der Waals surface area contributed by atoms with Crippen LogP contribution in [0.3, 0.4) is 0 Å². The van der Waals surface area contributed by atoms with Crippen molar-refractivity contribution in [2.45, 2.75) is 25.9 Å². The summed E-state index contributed by atoms with van der Waals surface area (Å²) in [7, 11) is 2.11. The Labute approximate surface area is 119 Å². The van der Waals surface area contributed by atoms with E-state index in [-0.39, 0.29) is 0 Å². The molecule has 1 aromatic heterocycles. The smallest absolute Gasteiger partial charge is 0.257 e. The van der Waals surface area contributed by atoms with Gasteiger partial charge in [0.15, 0.2) is 5.82 Å². The van der Waals surface area contributed by atoms with Gasteiger partial charge >= 0.3 is 0 Å². The van der Waals surface area contributed by atoms with Gasteiger partial charge in [0.2, 0.25) is 0 Å². The Morgan fingerprint density at radius 2 is 2.15 bits per heavy atom. The Balaban J connectivity index is 1.68. The van der Waals surface area contributed by atoms with Gasteiger partial charge < -0.3 is 9.84 Å². The number of likely N-dealkylation sites (N-methyl/N-ethyl adjacent to an activating group) is 1. The molecule has 3 rings (SSSR count). The van der Waals surface area contributed by atoms with Crippen molar-refractivity contribution < 1.29 is 4.52 Å². The van der Waals surface area contributed by atoms with Crippen molar-refractivity contribution in [2.24, 2.45) is 0 Å². The number of rotatable bonds is 4. The second kappa shape index (κ2) is 5.73. The molecule has 1 aliphatic heterocycles. The van der Waals surface area contributed by atoms with E-state index in [1.165, 1.54) is 12.0 Å². The van der Waals surface area contributed by atoms with Crippen LogP contribution < -0.4 is 5.32 Å². The quantitative estimate of drug-likeness (QED) is 0.920. The summed E-state index contributed by atoms with van der Waals surface area (Å²) in [5.41, 5.74) is 2.20. The van der Waals surface area contributed by atoms with E-state index in [1.807, 2.05) is 12.1 Å². The third-order valence-electron chi connectivity index (χ3n) is 3.82. The first kappa shape index (κ1) is 13.3. The molecule has 5 nitrogen and oxygen atoms in total. The van der Waals surface area contributed by atoms with E-state index in [4.69, 9.17) is 4.52 Å². The first-order valence-corrected chi connectivity index (χ1v) is 7.03. The van der Waals surface area contributed by atoms with E-state index in [9.17, 15) is 0 Å². The molecular formula is C15H20N4O. The summed E-state index contributed by atoms with van der Waals surface area (Å²) in [5.74, 6) is 1.34.